The molecule has 0 bridgehead atoms. The number of carbonyl (C=O) groups excluding carboxylic acids is 2. The summed E-state index contributed by atoms with van der Waals surface area (Å²) in [4.78, 5) is 24.9. The van der Waals surface area contributed by atoms with Gasteiger partial charge in [-0.15, -0.1) is 0 Å². The zero-order chi connectivity index (χ0) is 35.6. The molecule has 2 saturated carbocycles. The molecule has 4 aromatic carbocycles. The van der Waals surface area contributed by atoms with Gasteiger partial charge < -0.3 is 20.1 Å². The Labute approximate surface area is 313 Å². The highest BCUT2D eigenvalue weighted by atomic mass is 79.9. The summed E-state index contributed by atoms with van der Waals surface area (Å²) in [5.74, 6) is 2.87. The molecule has 51 heavy (non-hydrogen) atoms. The van der Waals surface area contributed by atoms with Crippen molar-refractivity contribution < 1.29 is 19.1 Å². The lowest BCUT2D eigenvalue weighted by atomic mass is 9.93. The van der Waals surface area contributed by atoms with Crippen molar-refractivity contribution in [1.82, 2.24) is 0 Å². The van der Waals surface area contributed by atoms with Crippen molar-refractivity contribution in [3.05, 3.63) is 115 Å². The molecular weight excluding hydrogens is 724 g/mol. The van der Waals surface area contributed by atoms with Crippen LogP contribution in [0.4, 0.5) is 11.4 Å². The first-order chi connectivity index (χ1) is 24.7. The lowest BCUT2D eigenvalue weighted by Gasteiger charge is -2.15. The lowest BCUT2D eigenvalue weighted by Crippen LogP contribution is -2.04. The molecule has 0 spiro atoms. The van der Waals surface area contributed by atoms with Crippen LogP contribution in [-0.2, 0) is 9.59 Å². The normalized spacial score (nSPS) is 18.4. The Balaban J connectivity index is 0.000000159. The van der Waals surface area contributed by atoms with E-state index in [-0.39, 0.29) is 11.8 Å². The smallest absolute Gasteiger partial charge is 0.256 e. The minimum absolute atomic E-state index is 0.0497. The van der Waals surface area contributed by atoms with Gasteiger partial charge in [0, 0.05) is 43.1 Å². The van der Waals surface area contributed by atoms with Crippen LogP contribution in [0.3, 0.4) is 0 Å². The summed E-state index contributed by atoms with van der Waals surface area (Å²) in [6.07, 6.45) is 13.9. The van der Waals surface area contributed by atoms with Gasteiger partial charge in [0.1, 0.15) is 11.5 Å². The van der Waals surface area contributed by atoms with Gasteiger partial charge in [-0.2, -0.15) is 0 Å². The highest BCUT2D eigenvalue weighted by Gasteiger charge is 2.28. The van der Waals surface area contributed by atoms with Gasteiger partial charge in [0.2, 0.25) is 0 Å². The number of carbonyl (C=O) groups is 2. The summed E-state index contributed by atoms with van der Waals surface area (Å²) in [7, 11) is 3.45. The SMILES string of the molecule is COc1ccc(C=C2C(=O)Nc3ccc(Br)cc32)cc1C1CCCC1.COc1ccc(C=C2C(=O)Nc3ccc(Cl)c(C)c32)cc1C1CCCC1. The summed E-state index contributed by atoms with van der Waals surface area (Å²) in [5, 5.41) is 6.55. The van der Waals surface area contributed by atoms with E-state index in [1.807, 2.05) is 73.7 Å². The predicted octanol–water partition coefficient (Wildman–Crippen LogP) is 11.4. The van der Waals surface area contributed by atoms with Crippen LogP contribution in [-0.4, -0.2) is 26.0 Å². The minimum atomic E-state index is -0.0800. The first-order valence-corrected chi connectivity index (χ1v) is 18.9. The highest BCUT2D eigenvalue weighted by molar-refractivity contribution is 9.10. The average molecular weight is 766 g/mol. The van der Waals surface area contributed by atoms with Crippen LogP contribution < -0.4 is 20.1 Å². The van der Waals surface area contributed by atoms with E-state index in [0.29, 0.717) is 28.0 Å². The molecule has 2 amide bonds. The number of nitrogens with one attached hydrogen (secondary N) is 2. The summed E-state index contributed by atoms with van der Waals surface area (Å²) in [6, 6.07) is 22.0. The number of amides is 2. The molecule has 6 nitrogen and oxygen atoms in total. The van der Waals surface area contributed by atoms with Crippen molar-refractivity contribution in [2.75, 3.05) is 24.9 Å². The van der Waals surface area contributed by atoms with Crippen LogP contribution in [0.2, 0.25) is 5.02 Å². The zero-order valence-corrected chi connectivity index (χ0v) is 31.5. The van der Waals surface area contributed by atoms with E-state index in [2.05, 4.69) is 38.7 Å². The fourth-order valence-corrected chi connectivity index (χ4v) is 8.53. The van der Waals surface area contributed by atoms with Gasteiger partial charge in [0.25, 0.3) is 11.8 Å². The predicted molar refractivity (Wildman–Crippen MR) is 212 cm³/mol. The summed E-state index contributed by atoms with van der Waals surface area (Å²) in [6.45, 7) is 1.95. The minimum Gasteiger partial charge on any atom is -0.496 e. The quantitative estimate of drug-likeness (QED) is 0.192. The van der Waals surface area contributed by atoms with Crippen molar-refractivity contribution in [3.63, 3.8) is 0 Å². The molecule has 2 fully saturated rings. The fraction of sp³-hybridized carbons (Fsp3) is 0.302. The maximum atomic E-state index is 12.5. The fourth-order valence-electron chi connectivity index (χ4n) is 8.01. The first-order valence-electron chi connectivity index (χ1n) is 17.8. The van der Waals surface area contributed by atoms with Gasteiger partial charge in [0.15, 0.2) is 0 Å². The Kier molecular flexibility index (Phi) is 10.4. The summed E-state index contributed by atoms with van der Waals surface area (Å²) < 4.78 is 12.1. The molecule has 0 atom stereocenters. The molecule has 2 N–H and O–H groups in total. The van der Waals surface area contributed by atoms with Crippen LogP contribution in [0.15, 0.2) is 71.2 Å². The first kappa shape index (κ1) is 35.1. The lowest BCUT2D eigenvalue weighted by molar-refractivity contribution is -0.111. The number of benzene rings is 4. The standard InChI is InChI=1S/C22H22ClNO2.C21H20BrNO2/c1-13-18(23)8-9-19-21(13)17(22(25)24-19)12-14-7-10-20(26-2)16(11-14)15-5-3-4-6-15;1-25-20-9-6-13(10-16(20)14-4-2-3-5-14)11-18-17-12-15(22)7-8-19(17)23-21(18)24/h7-12,15H,3-6H2,1-2H3,(H,24,25);6-12,14H,2-5H2,1H3,(H,23,24). The second-order valence-electron chi connectivity index (χ2n) is 13.8. The Morgan fingerprint density at radius 1 is 0.686 bits per heavy atom. The zero-order valence-electron chi connectivity index (χ0n) is 29.2. The van der Waals surface area contributed by atoms with Crippen molar-refractivity contribution in [2.24, 2.45) is 0 Å². The van der Waals surface area contributed by atoms with Crippen LogP contribution in [0.5, 0.6) is 11.5 Å². The van der Waals surface area contributed by atoms with Crippen LogP contribution in [0, 0.1) is 6.92 Å². The molecule has 0 unspecified atom stereocenters. The number of halogens is 2. The molecule has 8 rings (SSSR count). The van der Waals surface area contributed by atoms with Gasteiger partial charge in [-0.1, -0.05) is 65.3 Å². The van der Waals surface area contributed by atoms with Crippen molar-refractivity contribution in [1.29, 1.82) is 0 Å². The number of hydrogen-bond acceptors (Lipinski definition) is 4. The van der Waals surface area contributed by atoms with E-state index in [4.69, 9.17) is 21.1 Å². The maximum absolute atomic E-state index is 12.5. The Bertz CT molecular complexity index is 2070. The molecule has 0 saturated heterocycles. The number of fused-ring (bicyclic) bond motifs is 2. The van der Waals surface area contributed by atoms with Gasteiger partial charge in [-0.3, -0.25) is 9.59 Å². The third kappa shape index (κ3) is 7.24. The van der Waals surface area contributed by atoms with Crippen molar-refractivity contribution in [2.45, 2.75) is 70.1 Å². The highest BCUT2D eigenvalue weighted by Crippen LogP contribution is 2.43. The molecule has 4 aliphatic rings. The second kappa shape index (κ2) is 15.1. The molecule has 2 aliphatic carbocycles. The maximum Gasteiger partial charge on any atom is 0.256 e. The van der Waals surface area contributed by atoms with Crippen molar-refractivity contribution in [3.8, 4) is 11.5 Å². The van der Waals surface area contributed by atoms with E-state index in [1.165, 1.54) is 62.5 Å². The number of methoxy groups -OCH3 is 2. The van der Waals surface area contributed by atoms with E-state index in [0.717, 1.165) is 55.2 Å². The van der Waals surface area contributed by atoms with Gasteiger partial charge in [-0.25, -0.2) is 0 Å². The van der Waals surface area contributed by atoms with Gasteiger partial charge >= 0.3 is 0 Å². The third-order valence-electron chi connectivity index (χ3n) is 10.6. The van der Waals surface area contributed by atoms with Crippen LogP contribution >= 0.6 is 27.5 Å². The Morgan fingerprint density at radius 2 is 1.20 bits per heavy atom. The van der Waals surface area contributed by atoms with Gasteiger partial charge in [0.05, 0.1) is 14.2 Å². The number of anilines is 2. The average Bonchev–Trinajstić information content (AvgIpc) is 3.96. The molecule has 262 valence electrons. The summed E-state index contributed by atoms with van der Waals surface area (Å²) >= 11 is 9.77. The molecule has 4 aromatic rings. The topological polar surface area (TPSA) is 76.7 Å². The summed E-state index contributed by atoms with van der Waals surface area (Å²) in [5.41, 5.74) is 10.4. The molecular formula is C43H42BrClN2O4. The molecule has 0 aromatic heterocycles. The molecule has 2 aliphatic heterocycles. The molecule has 0 radical (unpaired) electrons. The van der Waals surface area contributed by atoms with Gasteiger partial charge in [-0.05, 0) is 139 Å². The monoisotopic (exact) mass is 764 g/mol. The number of hydrogen-bond donors (Lipinski definition) is 2. The van der Waals surface area contributed by atoms with Crippen LogP contribution in [0.25, 0.3) is 23.3 Å². The largest absolute Gasteiger partial charge is 0.496 e. The van der Waals surface area contributed by atoms with E-state index >= 15 is 0 Å². The Hall–Kier alpha value is -4.33. The second-order valence-corrected chi connectivity index (χ2v) is 15.1. The van der Waals surface area contributed by atoms with Crippen LogP contribution in [0.1, 0.15) is 102 Å². The van der Waals surface area contributed by atoms with E-state index in [9.17, 15) is 9.59 Å². The molecule has 2 heterocycles. The number of ether oxygens (including phenoxy) is 2. The van der Waals surface area contributed by atoms with E-state index < -0.39 is 0 Å². The molecule has 8 heteroatoms. The van der Waals surface area contributed by atoms with Crippen molar-refractivity contribution >= 4 is 74.0 Å². The Morgan fingerprint density at radius 3 is 1.76 bits per heavy atom. The number of rotatable bonds is 6. The van der Waals surface area contributed by atoms with E-state index in [1.54, 1.807) is 14.2 Å². The third-order valence-corrected chi connectivity index (χ3v) is 11.5.